The van der Waals surface area contributed by atoms with Crippen LogP contribution in [0, 0.1) is 5.92 Å². The van der Waals surface area contributed by atoms with Gasteiger partial charge in [-0.25, -0.2) is 0 Å². The Hall–Kier alpha value is -1.69. The average Bonchev–Trinajstić information content (AvgIpc) is 2.26. The second kappa shape index (κ2) is 5.52. The maximum absolute atomic E-state index is 12.3. The normalized spacial score (nSPS) is 18.1. The Labute approximate surface area is 109 Å². The van der Waals surface area contributed by atoms with Crippen LogP contribution in [0.1, 0.15) is 18.5 Å². The molecular weight excluding hydrogens is 256 g/mol. The summed E-state index contributed by atoms with van der Waals surface area (Å²) < 4.78 is 29.1. The van der Waals surface area contributed by atoms with Crippen LogP contribution in [0.4, 0.5) is 8.78 Å². The number of nitrogens with zero attached hydrogens (tertiary/aromatic N) is 1. The third-order valence-corrected chi connectivity index (χ3v) is 3.39. The van der Waals surface area contributed by atoms with Crippen LogP contribution in [0.5, 0.6) is 5.75 Å². The number of para-hydroxylation sites is 1. The number of ether oxygens (including phenoxy) is 1. The molecule has 0 aromatic heterocycles. The Morgan fingerprint density at radius 1 is 1.42 bits per heavy atom. The van der Waals surface area contributed by atoms with E-state index in [0.29, 0.717) is 18.7 Å². The number of benzene rings is 1. The molecule has 2 rings (SSSR count). The highest BCUT2D eigenvalue weighted by Gasteiger charge is 2.36. The summed E-state index contributed by atoms with van der Waals surface area (Å²) in [5.41, 5.74) is 0.645. The second-order valence-electron chi connectivity index (χ2n) is 4.58. The van der Waals surface area contributed by atoms with Gasteiger partial charge in [-0.05, 0) is 13.0 Å². The van der Waals surface area contributed by atoms with Gasteiger partial charge in [0.25, 0.3) is 0 Å². The van der Waals surface area contributed by atoms with E-state index in [2.05, 4.69) is 4.74 Å². The van der Waals surface area contributed by atoms with E-state index in [9.17, 15) is 13.6 Å². The summed E-state index contributed by atoms with van der Waals surface area (Å²) in [6.45, 7) is -0.151. The SMILES string of the molecule is CC(c1ccccc1OC(F)F)N1CC(C(=O)O)C1. The van der Waals surface area contributed by atoms with Gasteiger partial charge in [-0.15, -0.1) is 0 Å². The molecule has 0 spiro atoms. The first-order valence-corrected chi connectivity index (χ1v) is 5.99. The monoisotopic (exact) mass is 271 g/mol. The number of alkyl halides is 2. The minimum absolute atomic E-state index is 0.142. The van der Waals surface area contributed by atoms with Crippen LogP contribution < -0.4 is 4.74 Å². The van der Waals surface area contributed by atoms with Gasteiger partial charge in [0.15, 0.2) is 0 Å². The number of aliphatic carboxylic acids is 1. The lowest BCUT2D eigenvalue weighted by molar-refractivity contribution is -0.148. The van der Waals surface area contributed by atoms with Gasteiger partial charge >= 0.3 is 12.6 Å². The molecule has 1 unspecified atom stereocenters. The largest absolute Gasteiger partial charge is 0.481 e. The van der Waals surface area contributed by atoms with Crippen molar-refractivity contribution in [1.29, 1.82) is 0 Å². The zero-order valence-corrected chi connectivity index (χ0v) is 10.4. The van der Waals surface area contributed by atoms with Crippen molar-refractivity contribution in [2.75, 3.05) is 13.1 Å². The maximum atomic E-state index is 12.3. The van der Waals surface area contributed by atoms with Gasteiger partial charge in [0, 0.05) is 24.7 Å². The summed E-state index contributed by atoms with van der Waals surface area (Å²) in [4.78, 5) is 12.7. The van der Waals surface area contributed by atoms with Gasteiger partial charge in [0.2, 0.25) is 0 Å². The number of hydrogen-bond acceptors (Lipinski definition) is 3. The Kier molecular flexibility index (Phi) is 3.99. The predicted octanol–water partition coefficient (Wildman–Crippen LogP) is 2.37. The van der Waals surface area contributed by atoms with Crippen LogP contribution in [-0.4, -0.2) is 35.7 Å². The minimum atomic E-state index is -2.86. The molecule has 1 aliphatic heterocycles. The van der Waals surface area contributed by atoms with E-state index in [-0.39, 0.29) is 17.7 Å². The molecule has 1 aliphatic rings. The zero-order chi connectivity index (χ0) is 14.0. The third-order valence-electron chi connectivity index (χ3n) is 3.39. The van der Waals surface area contributed by atoms with Crippen LogP contribution in [0.3, 0.4) is 0 Å². The zero-order valence-electron chi connectivity index (χ0n) is 10.4. The van der Waals surface area contributed by atoms with Gasteiger partial charge in [0.1, 0.15) is 5.75 Å². The van der Waals surface area contributed by atoms with Crippen molar-refractivity contribution in [3.8, 4) is 5.75 Å². The third kappa shape index (κ3) is 3.01. The first kappa shape index (κ1) is 13.7. The number of likely N-dealkylation sites (tertiary alicyclic amines) is 1. The van der Waals surface area contributed by atoms with Crippen molar-refractivity contribution in [2.45, 2.75) is 19.6 Å². The molecule has 1 N–H and O–H groups in total. The fourth-order valence-electron chi connectivity index (χ4n) is 2.21. The lowest BCUT2D eigenvalue weighted by Gasteiger charge is -2.41. The summed E-state index contributed by atoms with van der Waals surface area (Å²) in [7, 11) is 0. The lowest BCUT2D eigenvalue weighted by Crippen LogP contribution is -2.51. The van der Waals surface area contributed by atoms with Crippen LogP contribution in [0.25, 0.3) is 0 Å². The van der Waals surface area contributed by atoms with Gasteiger partial charge < -0.3 is 9.84 Å². The quantitative estimate of drug-likeness (QED) is 0.893. The number of carboxylic acids is 1. The Balaban J connectivity index is 2.07. The molecule has 1 fully saturated rings. The minimum Gasteiger partial charge on any atom is -0.481 e. The number of carboxylic acid groups (broad SMARTS) is 1. The molecule has 1 saturated heterocycles. The Morgan fingerprint density at radius 3 is 2.63 bits per heavy atom. The van der Waals surface area contributed by atoms with E-state index in [1.54, 1.807) is 18.2 Å². The van der Waals surface area contributed by atoms with Gasteiger partial charge in [-0.2, -0.15) is 8.78 Å². The summed E-state index contributed by atoms with van der Waals surface area (Å²) in [6, 6.07) is 6.44. The summed E-state index contributed by atoms with van der Waals surface area (Å²) in [6.07, 6.45) is 0. The fourth-order valence-corrected chi connectivity index (χ4v) is 2.21. The number of carbonyl (C=O) groups is 1. The van der Waals surface area contributed by atoms with Crippen molar-refractivity contribution in [2.24, 2.45) is 5.92 Å². The molecule has 1 aromatic carbocycles. The predicted molar refractivity (Wildman–Crippen MR) is 64.2 cm³/mol. The number of hydrogen-bond donors (Lipinski definition) is 1. The molecular formula is C13H15F2NO3. The van der Waals surface area contributed by atoms with Crippen molar-refractivity contribution in [3.63, 3.8) is 0 Å². The van der Waals surface area contributed by atoms with Gasteiger partial charge in [0.05, 0.1) is 5.92 Å². The van der Waals surface area contributed by atoms with Crippen molar-refractivity contribution >= 4 is 5.97 Å². The van der Waals surface area contributed by atoms with Crippen LogP contribution >= 0.6 is 0 Å². The second-order valence-corrected chi connectivity index (χ2v) is 4.58. The van der Waals surface area contributed by atoms with Crippen molar-refractivity contribution < 1.29 is 23.4 Å². The molecule has 1 heterocycles. The molecule has 6 heteroatoms. The molecule has 0 bridgehead atoms. The lowest BCUT2D eigenvalue weighted by atomic mass is 9.95. The maximum Gasteiger partial charge on any atom is 0.387 e. The topological polar surface area (TPSA) is 49.8 Å². The van der Waals surface area contributed by atoms with Crippen molar-refractivity contribution in [1.82, 2.24) is 4.90 Å². The van der Waals surface area contributed by atoms with Crippen LogP contribution in [0.2, 0.25) is 0 Å². The summed E-state index contributed by atoms with van der Waals surface area (Å²) in [5, 5.41) is 8.83. The summed E-state index contributed by atoms with van der Waals surface area (Å²) >= 11 is 0. The van der Waals surface area contributed by atoms with Gasteiger partial charge in [-0.1, -0.05) is 18.2 Å². The molecule has 0 amide bonds. The molecule has 1 atom stereocenters. The van der Waals surface area contributed by atoms with Crippen LogP contribution in [0.15, 0.2) is 24.3 Å². The highest BCUT2D eigenvalue weighted by molar-refractivity contribution is 5.71. The van der Waals surface area contributed by atoms with E-state index in [1.807, 2.05) is 11.8 Å². The standard InChI is InChI=1S/C13H15F2NO3/c1-8(16-6-9(7-16)12(17)18)10-4-2-3-5-11(10)19-13(14)15/h2-5,8-9,13H,6-7H2,1H3,(H,17,18). The van der Waals surface area contributed by atoms with Crippen molar-refractivity contribution in [3.05, 3.63) is 29.8 Å². The first-order chi connectivity index (χ1) is 8.99. The molecule has 0 aliphatic carbocycles. The van der Waals surface area contributed by atoms with Gasteiger partial charge in [-0.3, -0.25) is 9.69 Å². The highest BCUT2D eigenvalue weighted by atomic mass is 19.3. The van der Waals surface area contributed by atoms with Crippen LogP contribution in [-0.2, 0) is 4.79 Å². The molecule has 1 aromatic rings. The summed E-state index contributed by atoms with van der Waals surface area (Å²) in [5.74, 6) is -1.05. The molecule has 19 heavy (non-hydrogen) atoms. The Morgan fingerprint density at radius 2 is 2.05 bits per heavy atom. The van der Waals surface area contributed by atoms with E-state index in [4.69, 9.17) is 5.11 Å². The molecule has 0 saturated carbocycles. The number of rotatable bonds is 5. The van der Waals surface area contributed by atoms with E-state index >= 15 is 0 Å². The Bertz CT molecular complexity index is 461. The first-order valence-electron chi connectivity index (χ1n) is 5.99. The van der Waals surface area contributed by atoms with E-state index in [0.717, 1.165) is 0 Å². The average molecular weight is 271 g/mol. The van der Waals surface area contributed by atoms with E-state index in [1.165, 1.54) is 6.07 Å². The highest BCUT2D eigenvalue weighted by Crippen LogP contribution is 2.34. The molecule has 104 valence electrons. The fraction of sp³-hybridized carbons (Fsp3) is 0.462. The smallest absolute Gasteiger partial charge is 0.387 e. The number of halogens is 2. The van der Waals surface area contributed by atoms with E-state index < -0.39 is 12.6 Å². The molecule has 0 radical (unpaired) electrons. The molecule has 4 nitrogen and oxygen atoms in total.